The van der Waals surface area contributed by atoms with E-state index in [0.29, 0.717) is 6.04 Å². The fraction of sp³-hybridized carbons (Fsp3) is 0.600. The topological polar surface area (TPSA) is 38.2 Å². The highest BCUT2D eigenvalue weighted by Gasteiger charge is 2.22. The van der Waals surface area contributed by atoms with E-state index in [2.05, 4.69) is 29.8 Å². The van der Waals surface area contributed by atoms with Crippen molar-refractivity contribution < 1.29 is 4.74 Å². The van der Waals surface area contributed by atoms with E-state index in [-0.39, 0.29) is 0 Å². The predicted molar refractivity (Wildman–Crippen MR) is 83.8 cm³/mol. The van der Waals surface area contributed by atoms with Crippen LogP contribution in [0.4, 0.5) is 5.82 Å². The van der Waals surface area contributed by atoms with Gasteiger partial charge < -0.3 is 9.64 Å². The summed E-state index contributed by atoms with van der Waals surface area (Å²) in [4.78, 5) is 14.2. The van der Waals surface area contributed by atoms with Crippen molar-refractivity contribution >= 4 is 27.4 Å². The van der Waals surface area contributed by atoms with Gasteiger partial charge in [-0.2, -0.15) is 0 Å². The van der Waals surface area contributed by atoms with Crippen molar-refractivity contribution in [3.8, 4) is 0 Å². The second-order valence-electron chi connectivity index (χ2n) is 5.35. The van der Waals surface area contributed by atoms with Gasteiger partial charge >= 0.3 is 0 Å². The standard InChI is InChI=1S/C15H21N3OS/c1-4-12-8-13-14(16-11(3)17-15(13)20-12)18-6-5-7-19-9-10(18)2/h8,10H,4-7,9H2,1-3H3. The first-order valence-corrected chi connectivity index (χ1v) is 8.12. The van der Waals surface area contributed by atoms with Gasteiger partial charge in [0.2, 0.25) is 0 Å². The molecular weight excluding hydrogens is 270 g/mol. The summed E-state index contributed by atoms with van der Waals surface area (Å²) in [5, 5.41) is 1.20. The zero-order valence-electron chi connectivity index (χ0n) is 12.3. The molecule has 1 saturated heterocycles. The van der Waals surface area contributed by atoms with E-state index in [1.807, 2.05) is 6.92 Å². The van der Waals surface area contributed by atoms with Gasteiger partial charge in [-0.25, -0.2) is 9.97 Å². The van der Waals surface area contributed by atoms with Crippen LogP contribution < -0.4 is 4.90 Å². The van der Waals surface area contributed by atoms with E-state index in [4.69, 9.17) is 9.72 Å². The normalized spacial score (nSPS) is 20.4. The van der Waals surface area contributed by atoms with Gasteiger partial charge in [0.1, 0.15) is 16.5 Å². The van der Waals surface area contributed by atoms with Gasteiger partial charge in [-0.3, -0.25) is 0 Å². The fourth-order valence-corrected chi connectivity index (χ4v) is 3.68. The van der Waals surface area contributed by atoms with Gasteiger partial charge in [-0.1, -0.05) is 6.92 Å². The molecule has 2 aromatic heterocycles. The highest BCUT2D eigenvalue weighted by molar-refractivity contribution is 7.18. The Balaban J connectivity index is 2.10. The van der Waals surface area contributed by atoms with Crippen LogP contribution in [-0.2, 0) is 11.2 Å². The van der Waals surface area contributed by atoms with Crippen molar-refractivity contribution in [2.75, 3.05) is 24.7 Å². The molecule has 20 heavy (non-hydrogen) atoms. The van der Waals surface area contributed by atoms with Crippen molar-refractivity contribution in [1.82, 2.24) is 9.97 Å². The average molecular weight is 291 g/mol. The number of hydrogen-bond acceptors (Lipinski definition) is 5. The lowest BCUT2D eigenvalue weighted by Gasteiger charge is -2.28. The van der Waals surface area contributed by atoms with Crippen molar-refractivity contribution in [2.24, 2.45) is 0 Å². The largest absolute Gasteiger partial charge is 0.379 e. The molecule has 0 spiro atoms. The van der Waals surface area contributed by atoms with Crippen molar-refractivity contribution in [3.63, 3.8) is 0 Å². The maximum atomic E-state index is 5.64. The smallest absolute Gasteiger partial charge is 0.141 e. The lowest BCUT2D eigenvalue weighted by molar-refractivity contribution is 0.137. The predicted octanol–water partition coefficient (Wildman–Crippen LogP) is 3.18. The number of thiophene rings is 1. The Labute approximate surface area is 123 Å². The Hall–Kier alpha value is -1.20. The molecule has 108 valence electrons. The third-order valence-electron chi connectivity index (χ3n) is 3.73. The summed E-state index contributed by atoms with van der Waals surface area (Å²) in [7, 11) is 0. The SMILES string of the molecule is CCc1cc2c(N3CCCOCC3C)nc(C)nc2s1. The first kappa shape index (κ1) is 13.8. The highest BCUT2D eigenvalue weighted by Crippen LogP contribution is 2.32. The quantitative estimate of drug-likeness (QED) is 0.852. The van der Waals surface area contributed by atoms with Crippen LogP contribution in [0.2, 0.25) is 0 Å². The minimum atomic E-state index is 0.361. The number of fused-ring (bicyclic) bond motifs is 1. The summed E-state index contributed by atoms with van der Waals surface area (Å²) in [5.74, 6) is 1.94. The third-order valence-corrected chi connectivity index (χ3v) is 4.91. The molecule has 5 heteroatoms. The molecule has 1 atom stereocenters. The lowest BCUT2D eigenvalue weighted by Crippen LogP contribution is -2.36. The second kappa shape index (κ2) is 5.66. The van der Waals surface area contributed by atoms with E-state index < -0.39 is 0 Å². The summed E-state index contributed by atoms with van der Waals surface area (Å²) >= 11 is 1.79. The Kier molecular flexibility index (Phi) is 3.89. The van der Waals surface area contributed by atoms with E-state index >= 15 is 0 Å². The van der Waals surface area contributed by atoms with Gasteiger partial charge in [-0.15, -0.1) is 11.3 Å². The average Bonchev–Trinajstić information content (AvgIpc) is 2.72. The molecule has 0 radical (unpaired) electrons. The zero-order valence-corrected chi connectivity index (χ0v) is 13.2. The molecule has 2 aromatic rings. The Morgan fingerprint density at radius 1 is 1.45 bits per heavy atom. The lowest BCUT2D eigenvalue weighted by atomic mass is 10.2. The number of aromatic nitrogens is 2. The summed E-state index contributed by atoms with van der Waals surface area (Å²) in [6, 6.07) is 2.62. The summed E-state index contributed by atoms with van der Waals surface area (Å²) < 4.78 is 5.64. The number of hydrogen-bond donors (Lipinski definition) is 0. The monoisotopic (exact) mass is 291 g/mol. The summed E-state index contributed by atoms with van der Waals surface area (Å²) in [5.41, 5.74) is 0. The molecule has 1 unspecified atom stereocenters. The van der Waals surface area contributed by atoms with Crippen LogP contribution in [0.3, 0.4) is 0 Å². The van der Waals surface area contributed by atoms with E-state index in [9.17, 15) is 0 Å². The molecule has 3 heterocycles. The molecule has 3 rings (SSSR count). The minimum Gasteiger partial charge on any atom is -0.379 e. The van der Waals surface area contributed by atoms with E-state index in [1.165, 1.54) is 10.3 Å². The maximum Gasteiger partial charge on any atom is 0.141 e. The van der Waals surface area contributed by atoms with Crippen LogP contribution in [-0.4, -0.2) is 35.8 Å². The first-order chi connectivity index (χ1) is 9.69. The van der Waals surface area contributed by atoms with Crippen LogP contribution in [0.1, 0.15) is 31.0 Å². The van der Waals surface area contributed by atoms with Crippen molar-refractivity contribution in [3.05, 3.63) is 16.8 Å². The van der Waals surface area contributed by atoms with Gasteiger partial charge in [0.15, 0.2) is 0 Å². The van der Waals surface area contributed by atoms with Crippen LogP contribution in [0.25, 0.3) is 10.2 Å². The highest BCUT2D eigenvalue weighted by atomic mass is 32.1. The third kappa shape index (κ3) is 2.52. The number of rotatable bonds is 2. The van der Waals surface area contributed by atoms with Crippen LogP contribution in [0.15, 0.2) is 6.07 Å². The molecule has 0 saturated carbocycles. The number of anilines is 1. The van der Waals surface area contributed by atoms with Crippen molar-refractivity contribution in [2.45, 2.75) is 39.7 Å². The minimum absolute atomic E-state index is 0.361. The van der Waals surface area contributed by atoms with Crippen molar-refractivity contribution in [1.29, 1.82) is 0 Å². The van der Waals surface area contributed by atoms with E-state index in [0.717, 1.165) is 49.1 Å². The molecule has 0 N–H and O–H groups in total. The molecule has 1 fully saturated rings. The molecule has 1 aliphatic heterocycles. The second-order valence-corrected chi connectivity index (χ2v) is 6.47. The Morgan fingerprint density at radius 2 is 2.30 bits per heavy atom. The van der Waals surface area contributed by atoms with Crippen LogP contribution >= 0.6 is 11.3 Å². The van der Waals surface area contributed by atoms with Gasteiger partial charge in [-0.05, 0) is 32.8 Å². The first-order valence-electron chi connectivity index (χ1n) is 7.30. The summed E-state index contributed by atoms with van der Waals surface area (Å²) in [6.07, 6.45) is 2.11. The fourth-order valence-electron chi connectivity index (χ4n) is 2.67. The molecule has 0 amide bonds. The van der Waals surface area contributed by atoms with Gasteiger partial charge in [0.05, 0.1) is 18.0 Å². The molecule has 0 aromatic carbocycles. The molecule has 0 bridgehead atoms. The molecule has 0 aliphatic carbocycles. The molecular formula is C15H21N3OS. The molecule has 1 aliphatic rings. The maximum absolute atomic E-state index is 5.64. The van der Waals surface area contributed by atoms with E-state index in [1.54, 1.807) is 11.3 Å². The Bertz CT molecular complexity index is 610. The number of nitrogens with zero attached hydrogens (tertiary/aromatic N) is 3. The Morgan fingerprint density at radius 3 is 3.10 bits per heavy atom. The number of ether oxygens (including phenoxy) is 1. The zero-order chi connectivity index (χ0) is 14.1. The van der Waals surface area contributed by atoms with Crippen LogP contribution in [0, 0.1) is 6.92 Å². The number of aryl methyl sites for hydroxylation is 2. The summed E-state index contributed by atoms with van der Waals surface area (Å²) in [6.45, 7) is 9.00. The van der Waals surface area contributed by atoms with Crippen LogP contribution in [0.5, 0.6) is 0 Å². The van der Waals surface area contributed by atoms with Gasteiger partial charge in [0, 0.05) is 18.0 Å². The molecule has 4 nitrogen and oxygen atoms in total. The van der Waals surface area contributed by atoms with Gasteiger partial charge in [0.25, 0.3) is 0 Å².